The summed E-state index contributed by atoms with van der Waals surface area (Å²) in [5.41, 5.74) is 1.61. The largest absolute Gasteiger partial charge is 0.419 e. The molecule has 3 rings (SSSR count). The van der Waals surface area contributed by atoms with Crippen molar-refractivity contribution in [3.05, 3.63) is 65.8 Å². The van der Waals surface area contributed by atoms with Crippen LogP contribution in [0.15, 0.2) is 57.8 Å². The second-order valence-electron chi connectivity index (χ2n) is 6.06. The van der Waals surface area contributed by atoms with Crippen LogP contribution in [0.2, 0.25) is 0 Å². The number of benzene rings is 2. The molecule has 0 amide bonds. The summed E-state index contributed by atoms with van der Waals surface area (Å²) in [7, 11) is -3.69. The summed E-state index contributed by atoms with van der Waals surface area (Å²) >= 11 is 0. The average molecular weight is 375 g/mol. The molecular weight excluding hydrogens is 357 g/mol. The maximum Gasteiger partial charge on any atom is 0.247 e. The molecule has 0 fully saturated rings. The van der Waals surface area contributed by atoms with E-state index in [2.05, 4.69) is 14.9 Å². The van der Waals surface area contributed by atoms with Gasteiger partial charge in [-0.15, -0.1) is 10.2 Å². The molecule has 1 N–H and O–H groups in total. The molecule has 0 aliphatic rings. The molecule has 1 heterocycles. The van der Waals surface area contributed by atoms with Crippen LogP contribution >= 0.6 is 0 Å². The van der Waals surface area contributed by atoms with Crippen molar-refractivity contribution in [2.75, 3.05) is 0 Å². The third-order valence-electron chi connectivity index (χ3n) is 3.83. The summed E-state index contributed by atoms with van der Waals surface area (Å²) in [6.45, 7) is 3.94. The number of nitrogens with one attached hydrogen (secondary N) is 1. The number of nitrogens with zero attached hydrogens (tertiary/aromatic N) is 2. The Labute approximate surface area is 151 Å². The van der Waals surface area contributed by atoms with Gasteiger partial charge in [-0.25, -0.2) is 17.5 Å². The first kappa shape index (κ1) is 18.2. The van der Waals surface area contributed by atoms with Crippen LogP contribution in [0, 0.1) is 5.82 Å². The van der Waals surface area contributed by atoms with Gasteiger partial charge in [0.15, 0.2) is 0 Å². The van der Waals surface area contributed by atoms with E-state index < -0.39 is 10.0 Å². The van der Waals surface area contributed by atoms with Gasteiger partial charge >= 0.3 is 0 Å². The van der Waals surface area contributed by atoms with E-state index >= 15 is 0 Å². The number of hydrogen-bond acceptors (Lipinski definition) is 5. The zero-order chi connectivity index (χ0) is 18.7. The molecule has 0 aliphatic carbocycles. The molecule has 0 radical (unpaired) electrons. The molecule has 26 heavy (non-hydrogen) atoms. The first-order valence-electron chi connectivity index (χ1n) is 8.03. The van der Waals surface area contributed by atoms with Gasteiger partial charge in [-0.3, -0.25) is 0 Å². The molecule has 3 aromatic rings. The van der Waals surface area contributed by atoms with Crippen LogP contribution in [0.4, 0.5) is 4.39 Å². The second-order valence-corrected chi connectivity index (χ2v) is 7.82. The first-order valence-corrected chi connectivity index (χ1v) is 9.51. The van der Waals surface area contributed by atoms with Crippen molar-refractivity contribution in [1.29, 1.82) is 0 Å². The highest BCUT2D eigenvalue weighted by atomic mass is 32.2. The third kappa shape index (κ3) is 4.14. The number of halogens is 1. The lowest BCUT2D eigenvalue weighted by molar-refractivity contribution is 0.494. The third-order valence-corrected chi connectivity index (χ3v) is 5.25. The fraction of sp³-hybridized carbons (Fsp3) is 0.222. The highest BCUT2D eigenvalue weighted by Gasteiger charge is 2.16. The Balaban J connectivity index is 1.69. The highest BCUT2D eigenvalue weighted by molar-refractivity contribution is 7.89. The molecule has 0 unspecified atom stereocenters. The summed E-state index contributed by atoms with van der Waals surface area (Å²) in [5, 5.41) is 7.66. The molecule has 6 nitrogen and oxygen atoms in total. The van der Waals surface area contributed by atoms with E-state index in [1.165, 1.54) is 24.3 Å². The number of hydrogen-bond donors (Lipinski definition) is 1. The van der Waals surface area contributed by atoms with Gasteiger partial charge in [0.2, 0.25) is 21.8 Å². The van der Waals surface area contributed by atoms with Crippen LogP contribution < -0.4 is 4.72 Å². The Morgan fingerprint density at radius 1 is 1.04 bits per heavy atom. The number of aromatic nitrogens is 2. The zero-order valence-corrected chi connectivity index (χ0v) is 15.1. The maximum atomic E-state index is 12.9. The van der Waals surface area contributed by atoms with Gasteiger partial charge in [0.1, 0.15) is 5.82 Å². The monoisotopic (exact) mass is 375 g/mol. The molecule has 0 spiro atoms. The zero-order valence-electron chi connectivity index (χ0n) is 14.3. The predicted octanol–water partition coefficient (Wildman–Crippen LogP) is 3.48. The van der Waals surface area contributed by atoms with Gasteiger partial charge in [-0.1, -0.05) is 26.0 Å². The number of sulfonamides is 1. The number of rotatable bonds is 6. The summed E-state index contributed by atoms with van der Waals surface area (Å²) in [6, 6.07) is 12.3. The van der Waals surface area contributed by atoms with E-state index in [4.69, 9.17) is 4.42 Å². The van der Waals surface area contributed by atoms with Crippen molar-refractivity contribution in [1.82, 2.24) is 14.9 Å². The van der Waals surface area contributed by atoms with E-state index in [9.17, 15) is 12.8 Å². The van der Waals surface area contributed by atoms with E-state index in [-0.39, 0.29) is 29.0 Å². The van der Waals surface area contributed by atoms with Crippen molar-refractivity contribution in [3.63, 3.8) is 0 Å². The Hall–Kier alpha value is -2.58. The van der Waals surface area contributed by atoms with Crippen LogP contribution in [0.5, 0.6) is 0 Å². The minimum absolute atomic E-state index is 0.117. The molecule has 136 valence electrons. The summed E-state index contributed by atoms with van der Waals surface area (Å²) in [4.78, 5) is 0.167. The van der Waals surface area contributed by atoms with E-state index in [0.29, 0.717) is 11.5 Å². The second kappa shape index (κ2) is 7.35. The molecule has 2 aromatic carbocycles. The van der Waals surface area contributed by atoms with E-state index in [0.717, 1.165) is 5.56 Å². The normalized spacial score (nSPS) is 11.8. The highest BCUT2D eigenvalue weighted by Crippen LogP contribution is 2.19. The lowest BCUT2D eigenvalue weighted by Crippen LogP contribution is -2.23. The minimum Gasteiger partial charge on any atom is -0.419 e. The smallest absolute Gasteiger partial charge is 0.247 e. The van der Waals surface area contributed by atoms with E-state index in [1.54, 1.807) is 24.3 Å². The molecule has 0 saturated carbocycles. The minimum atomic E-state index is -3.69. The molecule has 8 heteroatoms. The van der Waals surface area contributed by atoms with Crippen molar-refractivity contribution < 1.29 is 17.2 Å². The quantitative estimate of drug-likeness (QED) is 0.713. The van der Waals surface area contributed by atoms with Crippen molar-refractivity contribution in [3.8, 4) is 11.5 Å². The summed E-state index contributed by atoms with van der Waals surface area (Å²) < 4.78 is 45.5. The van der Waals surface area contributed by atoms with Crippen molar-refractivity contribution >= 4 is 10.0 Å². The topological polar surface area (TPSA) is 85.1 Å². The predicted molar refractivity (Wildman–Crippen MR) is 94.2 cm³/mol. The van der Waals surface area contributed by atoms with Gasteiger partial charge in [-0.2, -0.15) is 0 Å². The maximum absolute atomic E-state index is 12.9. The van der Waals surface area contributed by atoms with Crippen LogP contribution in [-0.2, 0) is 16.6 Å². The Morgan fingerprint density at radius 3 is 2.31 bits per heavy atom. The molecule has 0 saturated heterocycles. The van der Waals surface area contributed by atoms with Crippen molar-refractivity contribution in [2.45, 2.75) is 31.2 Å². The molecular formula is C18H18FN3O3S. The van der Waals surface area contributed by atoms with Crippen LogP contribution in [0.3, 0.4) is 0 Å². The van der Waals surface area contributed by atoms with Crippen LogP contribution in [0.25, 0.3) is 11.5 Å². The summed E-state index contributed by atoms with van der Waals surface area (Å²) in [5.74, 6) is 0.264. The lowest BCUT2D eigenvalue weighted by Gasteiger charge is -2.08. The lowest BCUT2D eigenvalue weighted by atomic mass is 10.0. The Morgan fingerprint density at radius 2 is 1.69 bits per heavy atom. The Bertz CT molecular complexity index is 981. The Kier molecular flexibility index (Phi) is 5.15. The standard InChI is InChI=1S/C18H18FN3O3S/c1-12(2)13-5-9-16(10-6-13)26(23,24)20-11-17-21-22-18(25-17)14-3-7-15(19)8-4-14/h3-10,12,20H,11H2,1-2H3. The molecule has 0 aliphatic heterocycles. The van der Waals surface area contributed by atoms with Crippen LogP contribution in [-0.4, -0.2) is 18.6 Å². The average Bonchev–Trinajstić information content (AvgIpc) is 3.10. The molecule has 0 bridgehead atoms. The van der Waals surface area contributed by atoms with Crippen molar-refractivity contribution in [2.24, 2.45) is 0 Å². The van der Waals surface area contributed by atoms with E-state index in [1.807, 2.05) is 13.8 Å². The van der Waals surface area contributed by atoms with Gasteiger partial charge in [0.25, 0.3) is 0 Å². The van der Waals surface area contributed by atoms with Gasteiger partial charge in [0.05, 0.1) is 11.4 Å². The SMILES string of the molecule is CC(C)c1ccc(S(=O)(=O)NCc2nnc(-c3ccc(F)cc3)o2)cc1. The summed E-state index contributed by atoms with van der Waals surface area (Å²) in [6.07, 6.45) is 0. The van der Waals surface area contributed by atoms with Crippen LogP contribution in [0.1, 0.15) is 31.2 Å². The molecule has 0 atom stereocenters. The fourth-order valence-electron chi connectivity index (χ4n) is 2.31. The van der Waals surface area contributed by atoms with Gasteiger partial charge in [0, 0.05) is 5.56 Å². The van der Waals surface area contributed by atoms with Gasteiger partial charge < -0.3 is 4.42 Å². The first-order chi connectivity index (χ1) is 12.3. The fourth-order valence-corrected chi connectivity index (χ4v) is 3.28. The molecule has 1 aromatic heterocycles. The van der Waals surface area contributed by atoms with Gasteiger partial charge in [-0.05, 0) is 47.9 Å².